The molecule has 0 aromatic rings. The molecule has 2 atom stereocenters. The van der Waals surface area contributed by atoms with E-state index in [1.807, 2.05) is 0 Å². The normalized spacial score (nSPS) is 30.5. The number of nitrogens with two attached hydrogens (primary N) is 1. The van der Waals surface area contributed by atoms with Gasteiger partial charge in [0.1, 0.15) is 6.17 Å². The van der Waals surface area contributed by atoms with Crippen LogP contribution < -0.4 is 5.73 Å². The second kappa shape index (κ2) is 5.52. The van der Waals surface area contributed by atoms with Crippen molar-refractivity contribution in [3.63, 3.8) is 0 Å². The third kappa shape index (κ3) is 3.10. The zero-order valence-electron chi connectivity index (χ0n) is 7.77. The standard InChI is InChI=1S/C10H20FN/c11-10-7-2-1-5-9(10)6-3-4-8-12/h9-10H,1-8,12H2. The van der Waals surface area contributed by atoms with E-state index in [4.69, 9.17) is 5.73 Å². The van der Waals surface area contributed by atoms with Crippen LogP contribution in [0.15, 0.2) is 0 Å². The van der Waals surface area contributed by atoms with E-state index in [1.54, 1.807) is 0 Å². The molecule has 0 saturated heterocycles. The summed E-state index contributed by atoms with van der Waals surface area (Å²) in [6, 6.07) is 0. The molecule has 0 amide bonds. The maximum atomic E-state index is 13.2. The highest BCUT2D eigenvalue weighted by Gasteiger charge is 2.23. The molecule has 0 bridgehead atoms. The summed E-state index contributed by atoms with van der Waals surface area (Å²) >= 11 is 0. The van der Waals surface area contributed by atoms with Gasteiger partial charge >= 0.3 is 0 Å². The lowest BCUT2D eigenvalue weighted by Crippen LogP contribution is -2.20. The number of halogens is 1. The summed E-state index contributed by atoms with van der Waals surface area (Å²) in [5.41, 5.74) is 5.39. The number of alkyl halides is 1. The van der Waals surface area contributed by atoms with Crippen LogP contribution in [-0.2, 0) is 0 Å². The zero-order valence-corrected chi connectivity index (χ0v) is 7.77. The summed E-state index contributed by atoms with van der Waals surface area (Å²) in [6.07, 6.45) is 6.93. The maximum absolute atomic E-state index is 13.2. The fourth-order valence-electron chi connectivity index (χ4n) is 2.04. The third-order valence-electron chi connectivity index (χ3n) is 2.85. The van der Waals surface area contributed by atoms with Gasteiger partial charge in [0.2, 0.25) is 0 Å². The van der Waals surface area contributed by atoms with Gasteiger partial charge in [-0.1, -0.05) is 19.3 Å². The molecule has 0 radical (unpaired) electrons. The molecule has 1 aliphatic rings. The van der Waals surface area contributed by atoms with Crippen LogP contribution in [0.25, 0.3) is 0 Å². The molecular formula is C10H20FN. The smallest absolute Gasteiger partial charge is 0.103 e. The summed E-state index contributed by atoms with van der Waals surface area (Å²) in [4.78, 5) is 0. The van der Waals surface area contributed by atoms with Crippen LogP contribution >= 0.6 is 0 Å². The number of rotatable bonds is 4. The molecule has 0 spiro atoms. The van der Waals surface area contributed by atoms with Gasteiger partial charge < -0.3 is 5.73 Å². The minimum absolute atomic E-state index is 0.352. The quantitative estimate of drug-likeness (QED) is 0.650. The Morgan fingerprint density at radius 1 is 1.17 bits per heavy atom. The fourth-order valence-corrected chi connectivity index (χ4v) is 2.04. The summed E-state index contributed by atoms with van der Waals surface area (Å²) in [5, 5.41) is 0. The summed E-state index contributed by atoms with van der Waals surface area (Å²) < 4.78 is 13.2. The number of unbranched alkanes of at least 4 members (excludes halogenated alkanes) is 1. The lowest BCUT2D eigenvalue weighted by molar-refractivity contribution is 0.155. The van der Waals surface area contributed by atoms with Crippen molar-refractivity contribution in [1.29, 1.82) is 0 Å². The van der Waals surface area contributed by atoms with E-state index in [1.165, 1.54) is 6.42 Å². The average Bonchev–Trinajstić information content (AvgIpc) is 2.09. The van der Waals surface area contributed by atoms with Gasteiger partial charge in [0, 0.05) is 0 Å². The SMILES string of the molecule is NCCCCC1CCCCC1F. The second-order valence-electron chi connectivity index (χ2n) is 3.84. The lowest BCUT2D eigenvalue weighted by atomic mass is 9.84. The Morgan fingerprint density at radius 3 is 2.58 bits per heavy atom. The molecule has 72 valence electrons. The molecule has 0 aromatic heterocycles. The summed E-state index contributed by atoms with van der Waals surface area (Å²) in [7, 11) is 0. The van der Waals surface area contributed by atoms with Crippen molar-refractivity contribution < 1.29 is 4.39 Å². The molecule has 2 unspecified atom stereocenters. The average molecular weight is 173 g/mol. The monoisotopic (exact) mass is 173 g/mol. The van der Waals surface area contributed by atoms with Crippen molar-refractivity contribution in [3.8, 4) is 0 Å². The lowest BCUT2D eigenvalue weighted by Gasteiger charge is -2.25. The van der Waals surface area contributed by atoms with Crippen LogP contribution in [0.1, 0.15) is 44.9 Å². The van der Waals surface area contributed by atoms with Crippen molar-refractivity contribution in [2.45, 2.75) is 51.1 Å². The van der Waals surface area contributed by atoms with E-state index in [-0.39, 0.29) is 0 Å². The Kier molecular flexibility index (Phi) is 4.59. The predicted molar refractivity (Wildman–Crippen MR) is 49.8 cm³/mol. The van der Waals surface area contributed by atoms with Gasteiger partial charge in [-0.3, -0.25) is 0 Å². The molecule has 1 fully saturated rings. The Morgan fingerprint density at radius 2 is 1.92 bits per heavy atom. The molecular weight excluding hydrogens is 153 g/mol. The topological polar surface area (TPSA) is 26.0 Å². The maximum Gasteiger partial charge on any atom is 0.103 e. The Bertz CT molecular complexity index is 116. The van der Waals surface area contributed by atoms with Crippen LogP contribution in [-0.4, -0.2) is 12.7 Å². The third-order valence-corrected chi connectivity index (χ3v) is 2.85. The van der Waals surface area contributed by atoms with Crippen molar-refractivity contribution in [1.82, 2.24) is 0 Å². The van der Waals surface area contributed by atoms with Crippen LogP contribution in [0.2, 0.25) is 0 Å². The number of hydrogen-bond donors (Lipinski definition) is 1. The highest BCUT2D eigenvalue weighted by molar-refractivity contribution is 4.74. The molecule has 12 heavy (non-hydrogen) atoms. The largest absolute Gasteiger partial charge is 0.330 e. The highest BCUT2D eigenvalue weighted by Crippen LogP contribution is 2.30. The van der Waals surface area contributed by atoms with Crippen LogP contribution in [0.5, 0.6) is 0 Å². The van der Waals surface area contributed by atoms with Gasteiger partial charge in [0.15, 0.2) is 0 Å². The fraction of sp³-hybridized carbons (Fsp3) is 1.00. The first-order valence-electron chi connectivity index (χ1n) is 5.18. The first-order valence-corrected chi connectivity index (χ1v) is 5.18. The van der Waals surface area contributed by atoms with Gasteiger partial charge in [-0.25, -0.2) is 4.39 Å². The Balaban J connectivity index is 2.11. The van der Waals surface area contributed by atoms with Crippen LogP contribution in [0, 0.1) is 5.92 Å². The van der Waals surface area contributed by atoms with E-state index in [0.717, 1.165) is 45.1 Å². The van der Waals surface area contributed by atoms with Crippen molar-refractivity contribution in [3.05, 3.63) is 0 Å². The predicted octanol–water partition coefficient (Wildman–Crippen LogP) is 2.64. The van der Waals surface area contributed by atoms with E-state index in [2.05, 4.69) is 0 Å². The Labute approximate surface area is 74.5 Å². The molecule has 2 heteroatoms. The van der Waals surface area contributed by atoms with Gasteiger partial charge in [-0.05, 0) is 38.1 Å². The van der Waals surface area contributed by atoms with Crippen molar-refractivity contribution in [2.24, 2.45) is 11.7 Å². The van der Waals surface area contributed by atoms with E-state index in [9.17, 15) is 4.39 Å². The second-order valence-corrected chi connectivity index (χ2v) is 3.84. The zero-order chi connectivity index (χ0) is 8.81. The van der Waals surface area contributed by atoms with Gasteiger partial charge in [-0.2, -0.15) is 0 Å². The molecule has 1 saturated carbocycles. The summed E-state index contributed by atoms with van der Waals surface area (Å²) in [5.74, 6) is 0.352. The van der Waals surface area contributed by atoms with Gasteiger partial charge in [0.05, 0.1) is 0 Å². The molecule has 0 aliphatic heterocycles. The minimum atomic E-state index is -0.517. The van der Waals surface area contributed by atoms with Crippen LogP contribution in [0.3, 0.4) is 0 Å². The van der Waals surface area contributed by atoms with E-state index in [0.29, 0.717) is 5.92 Å². The molecule has 0 aromatic carbocycles. The molecule has 1 rings (SSSR count). The van der Waals surface area contributed by atoms with E-state index >= 15 is 0 Å². The van der Waals surface area contributed by atoms with Crippen molar-refractivity contribution >= 4 is 0 Å². The first kappa shape index (κ1) is 9.97. The molecule has 1 aliphatic carbocycles. The molecule has 0 heterocycles. The van der Waals surface area contributed by atoms with E-state index < -0.39 is 6.17 Å². The molecule has 1 nitrogen and oxygen atoms in total. The first-order chi connectivity index (χ1) is 5.84. The minimum Gasteiger partial charge on any atom is -0.330 e. The highest BCUT2D eigenvalue weighted by atomic mass is 19.1. The van der Waals surface area contributed by atoms with Gasteiger partial charge in [0.25, 0.3) is 0 Å². The van der Waals surface area contributed by atoms with Crippen molar-refractivity contribution in [2.75, 3.05) is 6.54 Å². The molecule has 2 N–H and O–H groups in total. The summed E-state index contributed by atoms with van der Waals surface area (Å²) in [6.45, 7) is 0.754. The Hall–Kier alpha value is -0.110. The van der Waals surface area contributed by atoms with Gasteiger partial charge in [-0.15, -0.1) is 0 Å². The van der Waals surface area contributed by atoms with Crippen LogP contribution in [0.4, 0.5) is 4.39 Å². The number of hydrogen-bond acceptors (Lipinski definition) is 1.